The lowest BCUT2D eigenvalue weighted by Gasteiger charge is -2.15. The van der Waals surface area contributed by atoms with E-state index in [1.807, 2.05) is 0 Å². The van der Waals surface area contributed by atoms with Crippen molar-refractivity contribution in [3.63, 3.8) is 0 Å². The Morgan fingerprint density at radius 3 is 1.00 bits per heavy atom. The van der Waals surface area contributed by atoms with Gasteiger partial charge in [0.1, 0.15) is 0 Å². The van der Waals surface area contributed by atoms with Crippen LogP contribution in [-0.4, -0.2) is 28.4 Å². The third-order valence-electron chi connectivity index (χ3n) is 1.11. The van der Waals surface area contributed by atoms with Gasteiger partial charge in [0.25, 0.3) is 0 Å². The highest BCUT2D eigenvalue weighted by Crippen LogP contribution is 2.56. The smallest absolute Gasteiger partial charge is 0.289 e. The standard InChI is InChI=1S/C4H12O8P2/c1-7-13(5,8-2)11-12-14(6,9-3)10-4/h1-4H3. The molecule has 0 fully saturated rings. The zero-order valence-corrected chi connectivity index (χ0v) is 9.95. The third-order valence-corrected chi connectivity index (χ3v) is 3.53. The lowest BCUT2D eigenvalue weighted by Crippen LogP contribution is -1.98. The Morgan fingerprint density at radius 1 is 0.643 bits per heavy atom. The van der Waals surface area contributed by atoms with Crippen LogP contribution < -0.4 is 0 Å². The molecule has 8 nitrogen and oxygen atoms in total. The fourth-order valence-corrected chi connectivity index (χ4v) is 1.55. The van der Waals surface area contributed by atoms with E-state index in [1.54, 1.807) is 0 Å². The van der Waals surface area contributed by atoms with Gasteiger partial charge in [0.2, 0.25) is 0 Å². The fraction of sp³-hybridized carbons (Fsp3) is 1.00. The monoisotopic (exact) mass is 250 g/mol. The van der Waals surface area contributed by atoms with Crippen molar-refractivity contribution in [1.82, 2.24) is 0 Å². The van der Waals surface area contributed by atoms with Crippen molar-refractivity contribution in [3.8, 4) is 0 Å². The molecule has 0 aliphatic heterocycles. The summed E-state index contributed by atoms with van der Waals surface area (Å²) in [4.78, 5) is 0. The predicted octanol–water partition coefficient (Wildman–Crippen LogP) is 1.74. The Bertz CT molecular complexity index is 210. The predicted molar refractivity (Wildman–Crippen MR) is 45.4 cm³/mol. The molecule has 0 bridgehead atoms. The molecule has 0 aliphatic rings. The molecule has 0 aromatic heterocycles. The molecular formula is C4H12O8P2. The SMILES string of the molecule is COP(=O)(OC)OOP(=O)(OC)OC. The van der Waals surface area contributed by atoms with Gasteiger partial charge < -0.3 is 0 Å². The van der Waals surface area contributed by atoms with E-state index in [2.05, 4.69) is 27.4 Å². The first-order valence-corrected chi connectivity index (χ1v) is 6.18. The molecule has 0 rings (SSSR count). The Hall–Kier alpha value is 0.220. The Balaban J connectivity index is 4.29. The molecule has 0 aromatic rings. The highest BCUT2D eigenvalue weighted by atomic mass is 31.2. The maximum atomic E-state index is 11.2. The van der Waals surface area contributed by atoms with Gasteiger partial charge in [0, 0.05) is 28.4 Å². The quantitative estimate of drug-likeness (QED) is 0.383. The van der Waals surface area contributed by atoms with Gasteiger partial charge in [0.05, 0.1) is 0 Å². The van der Waals surface area contributed by atoms with Gasteiger partial charge in [-0.2, -0.15) is 0 Å². The second-order valence-electron chi connectivity index (χ2n) is 1.77. The summed E-state index contributed by atoms with van der Waals surface area (Å²) in [5.74, 6) is 0. The summed E-state index contributed by atoms with van der Waals surface area (Å²) in [6.07, 6.45) is 0. The maximum Gasteiger partial charge on any atom is 0.502 e. The molecule has 0 N–H and O–H groups in total. The van der Waals surface area contributed by atoms with Crippen molar-refractivity contribution < 1.29 is 36.6 Å². The Morgan fingerprint density at radius 2 is 0.857 bits per heavy atom. The average Bonchev–Trinajstić information content (AvgIpc) is 2.25. The first-order chi connectivity index (χ1) is 6.45. The Labute approximate surface area is 81.5 Å². The number of hydrogen-bond acceptors (Lipinski definition) is 8. The van der Waals surface area contributed by atoms with Crippen LogP contribution >= 0.6 is 15.6 Å². The summed E-state index contributed by atoms with van der Waals surface area (Å²) in [5.41, 5.74) is 0. The minimum absolute atomic E-state index is 1.07. The van der Waals surface area contributed by atoms with Gasteiger partial charge >= 0.3 is 15.6 Å². The lowest BCUT2D eigenvalue weighted by molar-refractivity contribution is -0.151. The second-order valence-corrected chi connectivity index (χ2v) is 5.32. The summed E-state index contributed by atoms with van der Waals surface area (Å²) >= 11 is 0. The van der Waals surface area contributed by atoms with E-state index in [0.29, 0.717) is 0 Å². The van der Waals surface area contributed by atoms with Crippen LogP contribution in [0.15, 0.2) is 0 Å². The molecule has 10 heteroatoms. The third kappa shape index (κ3) is 4.16. The van der Waals surface area contributed by atoms with E-state index < -0.39 is 15.6 Å². The van der Waals surface area contributed by atoms with E-state index in [9.17, 15) is 9.13 Å². The lowest BCUT2D eigenvalue weighted by atomic mass is 11.8. The van der Waals surface area contributed by atoms with Crippen LogP contribution in [0.5, 0.6) is 0 Å². The molecule has 0 aliphatic carbocycles. The zero-order chi connectivity index (χ0) is 11.2. The number of hydrogen-bond donors (Lipinski definition) is 0. The summed E-state index contributed by atoms with van der Waals surface area (Å²) < 4.78 is 48.1. The molecule has 0 saturated carbocycles. The van der Waals surface area contributed by atoms with Crippen molar-refractivity contribution in [2.24, 2.45) is 0 Å². The molecular weight excluding hydrogens is 238 g/mol. The summed E-state index contributed by atoms with van der Waals surface area (Å²) in [5, 5.41) is 0. The zero-order valence-electron chi connectivity index (χ0n) is 8.16. The molecule has 14 heavy (non-hydrogen) atoms. The van der Waals surface area contributed by atoms with Gasteiger partial charge in [-0.15, -0.1) is 9.35 Å². The summed E-state index contributed by atoms with van der Waals surface area (Å²) in [6, 6.07) is 0. The maximum absolute atomic E-state index is 11.2. The van der Waals surface area contributed by atoms with Gasteiger partial charge in [-0.05, 0) is 0 Å². The highest BCUT2D eigenvalue weighted by molar-refractivity contribution is 7.50. The number of phosphoric ester groups is 2. The summed E-state index contributed by atoms with van der Waals surface area (Å²) in [6.45, 7) is 0. The minimum Gasteiger partial charge on any atom is -0.289 e. The molecule has 0 amide bonds. The molecule has 0 atom stereocenters. The van der Waals surface area contributed by atoms with Gasteiger partial charge in [-0.3, -0.25) is 18.1 Å². The van der Waals surface area contributed by atoms with Crippen LogP contribution in [0, 0.1) is 0 Å². The van der Waals surface area contributed by atoms with E-state index in [1.165, 1.54) is 0 Å². The van der Waals surface area contributed by atoms with Gasteiger partial charge in [-0.1, -0.05) is 0 Å². The molecule has 0 heterocycles. The highest BCUT2D eigenvalue weighted by Gasteiger charge is 2.33. The first kappa shape index (κ1) is 14.2. The van der Waals surface area contributed by atoms with Crippen LogP contribution in [0.25, 0.3) is 0 Å². The summed E-state index contributed by atoms with van der Waals surface area (Å²) in [7, 11) is -3.45. The van der Waals surface area contributed by atoms with E-state index in [-0.39, 0.29) is 0 Å². The molecule has 0 radical (unpaired) electrons. The van der Waals surface area contributed by atoms with Crippen LogP contribution in [-0.2, 0) is 36.6 Å². The largest absolute Gasteiger partial charge is 0.502 e. The van der Waals surface area contributed by atoms with E-state index >= 15 is 0 Å². The van der Waals surface area contributed by atoms with E-state index in [0.717, 1.165) is 28.4 Å². The van der Waals surface area contributed by atoms with Crippen molar-refractivity contribution in [2.75, 3.05) is 28.4 Å². The Kier molecular flexibility index (Phi) is 6.04. The molecule has 0 aromatic carbocycles. The normalized spacial score (nSPS) is 13.1. The van der Waals surface area contributed by atoms with Crippen LogP contribution in [0.3, 0.4) is 0 Å². The van der Waals surface area contributed by atoms with Crippen molar-refractivity contribution >= 4 is 15.6 Å². The second kappa shape index (κ2) is 5.95. The minimum atomic E-state index is -3.86. The fourth-order valence-electron chi connectivity index (χ4n) is 0.352. The number of phosphoric acid groups is 2. The number of rotatable bonds is 7. The van der Waals surface area contributed by atoms with Gasteiger partial charge in [-0.25, -0.2) is 9.13 Å². The molecule has 0 unspecified atom stereocenters. The van der Waals surface area contributed by atoms with Crippen LogP contribution in [0.2, 0.25) is 0 Å². The van der Waals surface area contributed by atoms with Gasteiger partial charge in [0.15, 0.2) is 0 Å². The average molecular weight is 250 g/mol. The molecule has 0 spiro atoms. The molecule has 0 saturated heterocycles. The molecule has 86 valence electrons. The van der Waals surface area contributed by atoms with E-state index in [4.69, 9.17) is 0 Å². The van der Waals surface area contributed by atoms with Crippen molar-refractivity contribution in [2.45, 2.75) is 0 Å². The topological polar surface area (TPSA) is 89.5 Å². The van der Waals surface area contributed by atoms with Crippen molar-refractivity contribution in [1.29, 1.82) is 0 Å². The first-order valence-electron chi connectivity index (χ1n) is 3.26. The van der Waals surface area contributed by atoms with Crippen LogP contribution in [0.1, 0.15) is 0 Å². The van der Waals surface area contributed by atoms with Crippen molar-refractivity contribution in [3.05, 3.63) is 0 Å². The van der Waals surface area contributed by atoms with Crippen LogP contribution in [0.4, 0.5) is 0 Å².